The van der Waals surface area contributed by atoms with Crippen molar-refractivity contribution in [2.24, 2.45) is 5.92 Å². The van der Waals surface area contributed by atoms with E-state index in [0.717, 1.165) is 0 Å². The fourth-order valence-corrected chi connectivity index (χ4v) is 2.18. The molecule has 0 fully saturated rings. The fraction of sp³-hybridized carbons (Fsp3) is 0.471. The first-order valence-corrected chi connectivity index (χ1v) is 7.18. The first-order chi connectivity index (χ1) is 9.84. The van der Waals surface area contributed by atoms with Gasteiger partial charge in [0.05, 0.1) is 5.60 Å². The van der Waals surface area contributed by atoms with E-state index in [9.17, 15) is 9.90 Å². The van der Waals surface area contributed by atoms with Gasteiger partial charge >= 0.3 is 0 Å². The molecule has 0 bridgehead atoms. The minimum Gasteiger partial charge on any atom is -0.490 e. The third-order valence-corrected chi connectivity index (χ3v) is 2.96. The van der Waals surface area contributed by atoms with Crippen molar-refractivity contribution in [2.45, 2.75) is 32.8 Å². The summed E-state index contributed by atoms with van der Waals surface area (Å²) in [6.45, 7) is 10.1. The van der Waals surface area contributed by atoms with Crippen molar-refractivity contribution in [3.8, 4) is 5.75 Å². The second-order valence-electron chi connectivity index (χ2n) is 5.90. The second kappa shape index (κ2) is 7.84. The molecule has 0 radical (unpaired) electrons. The molecular weight excluding hydrogens is 266 g/mol. The van der Waals surface area contributed by atoms with Gasteiger partial charge in [-0.05, 0) is 43.5 Å². The molecule has 4 heteroatoms. The summed E-state index contributed by atoms with van der Waals surface area (Å²) >= 11 is 0. The number of amides is 1. The molecule has 0 heterocycles. The lowest BCUT2D eigenvalue weighted by Crippen LogP contribution is -2.41. The normalized spacial score (nSPS) is 13.6. The number of ether oxygens (including phenoxy) is 1. The van der Waals surface area contributed by atoms with Crippen molar-refractivity contribution in [2.75, 3.05) is 13.2 Å². The second-order valence-corrected chi connectivity index (χ2v) is 5.90. The number of aliphatic hydroxyl groups is 1. The van der Waals surface area contributed by atoms with Crippen LogP contribution >= 0.6 is 0 Å². The largest absolute Gasteiger partial charge is 0.490 e. The van der Waals surface area contributed by atoms with E-state index in [0.29, 0.717) is 30.3 Å². The van der Waals surface area contributed by atoms with Crippen molar-refractivity contribution in [1.29, 1.82) is 0 Å². The molecule has 0 saturated heterocycles. The third-order valence-electron chi connectivity index (χ3n) is 2.96. The van der Waals surface area contributed by atoms with Gasteiger partial charge < -0.3 is 15.2 Å². The van der Waals surface area contributed by atoms with Gasteiger partial charge in [-0.2, -0.15) is 0 Å². The third kappa shape index (κ3) is 6.45. The standard InChI is InChI=1S/C17H25NO3/c1-5-10-21-15-8-6-14(7-9-15)16(19)18-12-17(4,20)11-13(2)3/h5-9,13,20H,1,10-12H2,2-4H3,(H,18,19). The molecule has 0 aliphatic heterocycles. The number of carbonyl (C=O) groups excluding carboxylic acids is 1. The van der Waals surface area contributed by atoms with Gasteiger partial charge in [-0.1, -0.05) is 26.5 Å². The summed E-state index contributed by atoms with van der Waals surface area (Å²) in [5, 5.41) is 12.9. The van der Waals surface area contributed by atoms with Gasteiger partial charge in [0, 0.05) is 12.1 Å². The molecule has 1 unspecified atom stereocenters. The van der Waals surface area contributed by atoms with E-state index >= 15 is 0 Å². The number of rotatable bonds is 8. The quantitative estimate of drug-likeness (QED) is 0.724. The number of hydrogen-bond donors (Lipinski definition) is 2. The predicted octanol–water partition coefficient (Wildman–Crippen LogP) is 2.78. The van der Waals surface area contributed by atoms with Crippen LogP contribution in [0.3, 0.4) is 0 Å². The molecule has 2 N–H and O–H groups in total. The Hall–Kier alpha value is -1.81. The highest BCUT2D eigenvalue weighted by atomic mass is 16.5. The van der Waals surface area contributed by atoms with Crippen molar-refractivity contribution in [3.63, 3.8) is 0 Å². The Balaban J connectivity index is 2.53. The highest BCUT2D eigenvalue weighted by Crippen LogP contribution is 2.16. The Morgan fingerprint density at radius 1 is 1.43 bits per heavy atom. The average molecular weight is 291 g/mol. The van der Waals surface area contributed by atoms with Crippen LogP contribution in [0, 0.1) is 5.92 Å². The van der Waals surface area contributed by atoms with E-state index in [1.807, 2.05) is 13.8 Å². The highest BCUT2D eigenvalue weighted by molar-refractivity contribution is 5.94. The van der Waals surface area contributed by atoms with Crippen molar-refractivity contribution >= 4 is 5.91 Å². The zero-order chi connectivity index (χ0) is 15.9. The fourth-order valence-electron chi connectivity index (χ4n) is 2.18. The van der Waals surface area contributed by atoms with Gasteiger partial charge in [-0.15, -0.1) is 0 Å². The van der Waals surface area contributed by atoms with Crippen LogP contribution in [0.15, 0.2) is 36.9 Å². The maximum atomic E-state index is 12.0. The monoisotopic (exact) mass is 291 g/mol. The zero-order valence-electron chi connectivity index (χ0n) is 13.1. The topological polar surface area (TPSA) is 58.6 Å². The molecule has 0 aliphatic carbocycles. The van der Waals surface area contributed by atoms with Gasteiger partial charge in [0.2, 0.25) is 0 Å². The summed E-state index contributed by atoms with van der Waals surface area (Å²) in [5.74, 6) is 0.866. The molecule has 0 saturated carbocycles. The van der Waals surface area contributed by atoms with Crippen LogP contribution in [0.25, 0.3) is 0 Å². The molecule has 1 amide bonds. The van der Waals surface area contributed by atoms with E-state index in [1.54, 1.807) is 37.3 Å². The average Bonchev–Trinajstić information content (AvgIpc) is 2.42. The number of benzene rings is 1. The van der Waals surface area contributed by atoms with Gasteiger partial charge in [0.1, 0.15) is 12.4 Å². The molecule has 21 heavy (non-hydrogen) atoms. The van der Waals surface area contributed by atoms with Gasteiger partial charge in [0.15, 0.2) is 0 Å². The summed E-state index contributed by atoms with van der Waals surface area (Å²) in [6, 6.07) is 6.88. The Labute approximate surface area is 126 Å². The Kier molecular flexibility index (Phi) is 6.43. The first kappa shape index (κ1) is 17.2. The van der Waals surface area contributed by atoms with Gasteiger partial charge in [0.25, 0.3) is 5.91 Å². The van der Waals surface area contributed by atoms with Crippen LogP contribution in [0.5, 0.6) is 5.75 Å². The summed E-state index contributed by atoms with van der Waals surface area (Å²) in [4.78, 5) is 12.0. The molecule has 1 rings (SSSR count). The minimum atomic E-state index is -0.892. The maximum Gasteiger partial charge on any atom is 0.251 e. The van der Waals surface area contributed by atoms with Crippen LogP contribution in [0.2, 0.25) is 0 Å². The molecule has 0 spiro atoms. The maximum absolute atomic E-state index is 12.0. The number of nitrogens with one attached hydrogen (secondary N) is 1. The lowest BCUT2D eigenvalue weighted by Gasteiger charge is -2.25. The summed E-state index contributed by atoms with van der Waals surface area (Å²) in [7, 11) is 0. The molecule has 0 aromatic heterocycles. The molecular formula is C17H25NO3. The number of hydrogen-bond acceptors (Lipinski definition) is 3. The summed E-state index contributed by atoms with van der Waals surface area (Å²) in [5.41, 5.74) is -0.349. The van der Waals surface area contributed by atoms with Crippen molar-refractivity contribution in [3.05, 3.63) is 42.5 Å². The van der Waals surface area contributed by atoms with E-state index in [-0.39, 0.29) is 12.5 Å². The van der Waals surface area contributed by atoms with Gasteiger partial charge in [-0.3, -0.25) is 4.79 Å². The SMILES string of the molecule is C=CCOc1ccc(C(=O)NCC(C)(O)CC(C)C)cc1. The summed E-state index contributed by atoms with van der Waals surface area (Å²) < 4.78 is 5.36. The van der Waals surface area contributed by atoms with E-state index < -0.39 is 5.60 Å². The van der Waals surface area contributed by atoms with E-state index in [4.69, 9.17) is 4.74 Å². The molecule has 4 nitrogen and oxygen atoms in total. The molecule has 0 aliphatic rings. The predicted molar refractivity (Wildman–Crippen MR) is 84.5 cm³/mol. The van der Waals surface area contributed by atoms with E-state index in [1.165, 1.54) is 0 Å². The Morgan fingerprint density at radius 3 is 2.57 bits per heavy atom. The molecule has 116 valence electrons. The smallest absolute Gasteiger partial charge is 0.251 e. The lowest BCUT2D eigenvalue weighted by atomic mass is 9.94. The van der Waals surface area contributed by atoms with Crippen molar-refractivity contribution < 1.29 is 14.6 Å². The van der Waals surface area contributed by atoms with Crippen LogP contribution < -0.4 is 10.1 Å². The van der Waals surface area contributed by atoms with Crippen LogP contribution in [0.4, 0.5) is 0 Å². The zero-order valence-corrected chi connectivity index (χ0v) is 13.1. The van der Waals surface area contributed by atoms with Crippen LogP contribution in [0.1, 0.15) is 37.6 Å². The van der Waals surface area contributed by atoms with Crippen LogP contribution in [-0.2, 0) is 0 Å². The Morgan fingerprint density at radius 2 is 2.05 bits per heavy atom. The van der Waals surface area contributed by atoms with Gasteiger partial charge in [-0.25, -0.2) is 0 Å². The first-order valence-electron chi connectivity index (χ1n) is 7.18. The van der Waals surface area contributed by atoms with Crippen molar-refractivity contribution in [1.82, 2.24) is 5.32 Å². The lowest BCUT2D eigenvalue weighted by molar-refractivity contribution is 0.0368. The van der Waals surface area contributed by atoms with Crippen LogP contribution in [-0.4, -0.2) is 29.8 Å². The van der Waals surface area contributed by atoms with E-state index in [2.05, 4.69) is 11.9 Å². The highest BCUT2D eigenvalue weighted by Gasteiger charge is 2.22. The number of carbonyl (C=O) groups is 1. The Bertz CT molecular complexity index is 463. The minimum absolute atomic E-state index is 0.200. The molecule has 1 aromatic rings. The molecule has 1 aromatic carbocycles. The molecule has 1 atom stereocenters. The summed E-state index contributed by atoms with van der Waals surface area (Å²) in [6.07, 6.45) is 2.30.